The quantitative estimate of drug-likeness (QED) is 0.807. The number of benzene rings is 1. The largest absolute Gasteiger partial charge is 0.349 e. The Hall–Kier alpha value is -0.830. The monoisotopic (exact) mass is 267 g/mol. The van der Waals surface area contributed by atoms with Gasteiger partial charge in [-0.1, -0.05) is 28.1 Å². The predicted molar refractivity (Wildman–Crippen MR) is 63.7 cm³/mol. The molecule has 1 aromatic carbocycles. The number of carbonyl (C=O) groups is 1. The van der Waals surface area contributed by atoms with Crippen LogP contribution in [-0.4, -0.2) is 24.9 Å². The van der Waals surface area contributed by atoms with Crippen LogP contribution in [0, 0.1) is 5.92 Å². The van der Waals surface area contributed by atoms with Crippen molar-refractivity contribution in [2.75, 3.05) is 14.1 Å². The van der Waals surface area contributed by atoms with E-state index >= 15 is 0 Å². The number of hydrogen-bond acceptors (Lipinski definition) is 1. The number of carbonyl (C=O) groups excluding carboxylic acids is 1. The van der Waals surface area contributed by atoms with Crippen molar-refractivity contribution in [2.24, 2.45) is 5.92 Å². The van der Waals surface area contributed by atoms with Crippen molar-refractivity contribution >= 4 is 21.8 Å². The Labute approximate surface area is 98.4 Å². The highest BCUT2D eigenvalue weighted by Crippen LogP contribution is 2.48. The van der Waals surface area contributed by atoms with E-state index in [1.165, 1.54) is 5.56 Å². The van der Waals surface area contributed by atoms with Crippen LogP contribution in [0.5, 0.6) is 0 Å². The lowest BCUT2D eigenvalue weighted by atomic mass is 10.1. The molecule has 0 aliphatic heterocycles. The minimum absolute atomic E-state index is 0.203. The molecule has 0 bridgehead atoms. The zero-order chi connectivity index (χ0) is 11.0. The first-order valence-corrected chi connectivity index (χ1v) is 5.85. The third-order valence-electron chi connectivity index (χ3n) is 2.83. The highest BCUT2D eigenvalue weighted by Gasteiger charge is 2.44. The van der Waals surface area contributed by atoms with Crippen molar-refractivity contribution in [2.45, 2.75) is 12.3 Å². The average Bonchev–Trinajstić information content (AvgIpc) is 2.96. The second-order valence-electron chi connectivity index (χ2n) is 4.24. The molecule has 3 heteroatoms. The zero-order valence-electron chi connectivity index (χ0n) is 8.90. The average molecular weight is 268 g/mol. The summed E-state index contributed by atoms with van der Waals surface area (Å²) in [5.74, 6) is 0.881. The first-order valence-electron chi connectivity index (χ1n) is 5.06. The summed E-state index contributed by atoms with van der Waals surface area (Å²) in [6.45, 7) is 0. The second kappa shape index (κ2) is 3.97. The fourth-order valence-corrected chi connectivity index (χ4v) is 2.32. The molecule has 1 fully saturated rings. The molecule has 1 aliphatic carbocycles. The van der Waals surface area contributed by atoms with Crippen molar-refractivity contribution in [3.05, 3.63) is 34.3 Å². The molecular formula is C12H14BrNO. The van der Waals surface area contributed by atoms with Crippen molar-refractivity contribution in [3.63, 3.8) is 0 Å². The molecule has 0 radical (unpaired) electrons. The fourth-order valence-electron chi connectivity index (χ4n) is 1.91. The van der Waals surface area contributed by atoms with Gasteiger partial charge in [0.2, 0.25) is 5.91 Å². The van der Waals surface area contributed by atoms with E-state index in [0.717, 1.165) is 10.9 Å². The van der Waals surface area contributed by atoms with Gasteiger partial charge in [0.15, 0.2) is 0 Å². The Balaban J connectivity index is 2.08. The summed E-state index contributed by atoms with van der Waals surface area (Å²) >= 11 is 3.45. The maximum absolute atomic E-state index is 11.7. The number of amides is 1. The van der Waals surface area contributed by atoms with Gasteiger partial charge >= 0.3 is 0 Å². The first kappa shape index (κ1) is 10.7. The molecule has 15 heavy (non-hydrogen) atoms. The topological polar surface area (TPSA) is 20.3 Å². The zero-order valence-corrected chi connectivity index (χ0v) is 10.5. The lowest BCUT2D eigenvalue weighted by molar-refractivity contribution is -0.130. The lowest BCUT2D eigenvalue weighted by Crippen LogP contribution is -2.23. The van der Waals surface area contributed by atoms with E-state index in [4.69, 9.17) is 0 Å². The van der Waals surface area contributed by atoms with Gasteiger partial charge in [-0.3, -0.25) is 4.79 Å². The molecule has 0 saturated heterocycles. The Morgan fingerprint density at radius 2 is 2.20 bits per heavy atom. The molecule has 1 aromatic rings. The maximum atomic E-state index is 11.7. The SMILES string of the molecule is CN(C)C(=O)[C@@H]1C[C@H]1c1cccc(Br)c1. The number of hydrogen-bond donors (Lipinski definition) is 0. The van der Waals surface area contributed by atoms with Gasteiger partial charge in [0.25, 0.3) is 0 Å². The third kappa shape index (κ3) is 2.23. The summed E-state index contributed by atoms with van der Waals surface area (Å²) in [6, 6.07) is 8.23. The smallest absolute Gasteiger partial charge is 0.225 e. The Morgan fingerprint density at radius 1 is 1.47 bits per heavy atom. The van der Waals surface area contributed by atoms with E-state index in [0.29, 0.717) is 5.92 Å². The third-order valence-corrected chi connectivity index (χ3v) is 3.32. The number of rotatable bonds is 2. The highest BCUT2D eigenvalue weighted by molar-refractivity contribution is 9.10. The Kier molecular flexibility index (Phi) is 2.83. The molecule has 0 heterocycles. The molecule has 1 saturated carbocycles. The molecule has 2 nitrogen and oxygen atoms in total. The van der Waals surface area contributed by atoms with Gasteiger partial charge in [0.05, 0.1) is 0 Å². The van der Waals surface area contributed by atoms with E-state index in [1.807, 2.05) is 26.2 Å². The molecule has 1 aliphatic rings. The summed E-state index contributed by atoms with van der Waals surface area (Å²) < 4.78 is 1.09. The molecule has 0 N–H and O–H groups in total. The van der Waals surface area contributed by atoms with Gasteiger partial charge in [0, 0.05) is 24.5 Å². The van der Waals surface area contributed by atoms with Gasteiger partial charge in [-0.05, 0) is 30.0 Å². The Morgan fingerprint density at radius 3 is 2.80 bits per heavy atom. The van der Waals surface area contributed by atoms with Crippen molar-refractivity contribution in [1.29, 1.82) is 0 Å². The minimum atomic E-state index is 0.203. The maximum Gasteiger partial charge on any atom is 0.225 e. The van der Waals surface area contributed by atoms with E-state index in [-0.39, 0.29) is 11.8 Å². The van der Waals surface area contributed by atoms with Crippen LogP contribution < -0.4 is 0 Å². The van der Waals surface area contributed by atoms with E-state index in [1.54, 1.807) is 4.90 Å². The van der Waals surface area contributed by atoms with Crippen LogP contribution in [0.2, 0.25) is 0 Å². The highest BCUT2D eigenvalue weighted by atomic mass is 79.9. The van der Waals surface area contributed by atoms with Gasteiger partial charge in [-0.2, -0.15) is 0 Å². The number of halogens is 1. The molecule has 2 atom stereocenters. The van der Waals surface area contributed by atoms with Gasteiger partial charge in [-0.25, -0.2) is 0 Å². The van der Waals surface area contributed by atoms with Crippen LogP contribution >= 0.6 is 15.9 Å². The van der Waals surface area contributed by atoms with Crippen LogP contribution in [0.4, 0.5) is 0 Å². The molecule has 0 spiro atoms. The van der Waals surface area contributed by atoms with Crippen molar-refractivity contribution in [1.82, 2.24) is 4.90 Å². The summed E-state index contributed by atoms with van der Waals surface area (Å²) in [5.41, 5.74) is 1.27. The first-order chi connectivity index (χ1) is 7.09. The molecule has 2 rings (SSSR count). The van der Waals surface area contributed by atoms with Crippen molar-refractivity contribution in [3.8, 4) is 0 Å². The normalized spacial score (nSPS) is 23.7. The Bertz CT molecular complexity index is 389. The summed E-state index contributed by atoms with van der Waals surface area (Å²) in [5, 5.41) is 0. The summed E-state index contributed by atoms with van der Waals surface area (Å²) in [4.78, 5) is 13.4. The van der Waals surface area contributed by atoms with Crippen LogP contribution in [-0.2, 0) is 4.79 Å². The van der Waals surface area contributed by atoms with E-state index in [2.05, 4.69) is 28.1 Å². The fraction of sp³-hybridized carbons (Fsp3) is 0.417. The molecule has 0 unspecified atom stereocenters. The van der Waals surface area contributed by atoms with Gasteiger partial charge in [0.1, 0.15) is 0 Å². The van der Waals surface area contributed by atoms with Crippen LogP contribution in [0.15, 0.2) is 28.7 Å². The second-order valence-corrected chi connectivity index (χ2v) is 5.15. The van der Waals surface area contributed by atoms with Gasteiger partial charge < -0.3 is 4.90 Å². The van der Waals surface area contributed by atoms with Crippen LogP contribution in [0.25, 0.3) is 0 Å². The molecule has 80 valence electrons. The van der Waals surface area contributed by atoms with Crippen molar-refractivity contribution < 1.29 is 4.79 Å². The standard InChI is InChI=1S/C12H14BrNO/c1-14(2)12(15)11-7-10(11)8-4-3-5-9(13)6-8/h3-6,10-11H,7H2,1-2H3/t10-,11+/m0/s1. The van der Waals surface area contributed by atoms with Crippen LogP contribution in [0.3, 0.4) is 0 Å². The molecule has 1 amide bonds. The molecular weight excluding hydrogens is 254 g/mol. The summed E-state index contributed by atoms with van der Waals surface area (Å²) in [6.07, 6.45) is 0.994. The van der Waals surface area contributed by atoms with Gasteiger partial charge in [-0.15, -0.1) is 0 Å². The minimum Gasteiger partial charge on any atom is -0.349 e. The molecule has 0 aromatic heterocycles. The predicted octanol–water partition coefficient (Wildman–Crippen LogP) is 2.64. The number of nitrogens with zero attached hydrogens (tertiary/aromatic N) is 1. The lowest BCUT2D eigenvalue weighted by Gasteiger charge is -2.09. The van der Waals surface area contributed by atoms with Crippen LogP contribution in [0.1, 0.15) is 17.9 Å². The van der Waals surface area contributed by atoms with E-state index in [9.17, 15) is 4.79 Å². The van der Waals surface area contributed by atoms with E-state index < -0.39 is 0 Å². The summed E-state index contributed by atoms with van der Waals surface area (Å²) in [7, 11) is 3.64.